The summed E-state index contributed by atoms with van der Waals surface area (Å²) in [6.45, 7) is 5.78. The Morgan fingerprint density at radius 2 is 2.15 bits per heavy atom. The number of rotatable bonds is 4. The summed E-state index contributed by atoms with van der Waals surface area (Å²) in [5.74, 6) is 5.84. The highest BCUT2D eigenvalue weighted by Gasteiger charge is 1.96. The van der Waals surface area contributed by atoms with Gasteiger partial charge in [-0.3, -0.25) is 0 Å². The van der Waals surface area contributed by atoms with E-state index in [9.17, 15) is 0 Å². The summed E-state index contributed by atoms with van der Waals surface area (Å²) in [4.78, 5) is 2.85. The molecule has 70 valence electrons. The van der Waals surface area contributed by atoms with Crippen LogP contribution < -0.4 is 5.32 Å². The lowest BCUT2D eigenvalue weighted by molar-refractivity contribution is 0.781. The highest BCUT2D eigenvalue weighted by atomic mass is 32.1. The summed E-state index contributed by atoms with van der Waals surface area (Å²) in [5.41, 5.74) is 0. The Morgan fingerprint density at radius 3 is 2.77 bits per heavy atom. The average Bonchev–Trinajstić information content (AvgIpc) is 2.60. The zero-order valence-corrected chi connectivity index (χ0v) is 9.00. The monoisotopic (exact) mass is 193 g/mol. The van der Waals surface area contributed by atoms with Gasteiger partial charge in [-0.2, -0.15) is 0 Å². The minimum atomic E-state index is 0.788. The Hall–Kier alpha value is -0.780. The standard InChI is InChI=1S/C11H15NS/c1-3-5-8-12-9-11-7-6-10(4-2)13-11/h6-7,12H,4,8-9H2,1-2H3. The molecule has 1 N–H and O–H groups in total. The maximum Gasteiger partial charge on any atom is 0.0579 e. The maximum atomic E-state index is 3.28. The second-order valence-corrected chi connectivity index (χ2v) is 4.00. The van der Waals surface area contributed by atoms with Crippen LogP contribution >= 0.6 is 11.3 Å². The smallest absolute Gasteiger partial charge is 0.0579 e. The van der Waals surface area contributed by atoms with E-state index in [0.717, 1.165) is 19.5 Å². The first-order valence-corrected chi connectivity index (χ1v) is 5.36. The quantitative estimate of drug-likeness (QED) is 0.572. The highest BCUT2D eigenvalue weighted by Crippen LogP contribution is 2.16. The Labute approximate surface area is 84.2 Å². The fourth-order valence-corrected chi connectivity index (χ4v) is 1.97. The Kier molecular flexibility index (Phi) is 4.59. The number of nitrogens with one attached hydrogen (secondary N) is 1. The first kappa shape index (κ1) is 10.3. The van der Waals surface area contributed by atoms with E-state index in [2.05, 4.69) is 36.2 Å². The summed E-state index contributed by atoms with van der Waals surface area (Å²) in [7, 11) is 0. The first-order chi connectivity index (χ1) is 6.36. The Balaban J connectivity index is 2.31. The molecule has 0 saturated heterocycles. The fraction of sp³-hybridized carbons (Fsp3) is 0.455. The largest absolute Gasteiger partial charge is 0.301 e. The van der Waals surface area contributed by atoms with Crippen molar-refractivity contribution in [1.29, 1.82) is 0 Å². The molecule has 1 rings (SSSR count). The van der Waals surface area contributed by atoms with Crippen molar-refractivity contribution < 1.29 is 0 Å². The summed E-state index contributed by atoms with van der Waals surface area (Å²) in [6.07, 6.45) is 1.14. The summed E-state index contributed by atoms with van der Waals surface area (Å²) < 4.78 is 0. The minimum absolute atomic E-state index is 0.788. The van der Waals surface area contributed by atoms with Gasteiger partial charge in [-0.15, -0.1) is 17.3 Å². The third-order valence-corrected chi connectivity index (χ3v) is 2.98. The molecule has 0 spiro atoms. The van der Waals surface area contributed by atoms with E-state index in [-0.39, 0.29) is 0 Å². The second kappa shape index (κ2) is 5.80. The third kappa shape index (κ3) is 3.63. The van der Waals surface area contributed by atoms with Crippen molar-refractivity contribution in [3.63, 3.8) is 0 Å². The SMILES string of the molecule is CC#CCNCc1ccc(CC)s1. The normalized spacial score (nSPS) is 9.38. The van der Waals surface area contributed by atoms with Crippen molar-refractivity contribution in [1.82, 2.24) is 5.32 Å². The van der Waals surface area contributed by atoms with Crippen LogP contribution in [-0.4, -0.2) is 6.54 Å². The molecule has 0 atom stereocenters. The van der Waals surface area contributed by atoms with E-state index in [0.29, 0.717) is 0 Å². The number of thiophene rings is 1. The van der Waals surface area contributed by atoms with Gasteiger partial charge in [0.2, 0.25) is 0 Å². The Morgan fingerprint density at radius 1 is 1.38 bits per heavy atom. The van der Waals surface area contributed by atoms with Gasteiger partial charge in [-0.25, -0.2) is 0 Å². The molecule has 0 aliphatic carbocycles. The predicted molar refractivity (Wildman–Crippen MR) is 58.9 cm³/mol. The number of hydrogen-bond donors (Lipinski definition) is 1. The second-order valence-electron chi connectivity index (χ2n) is 2.75. The van der Waals surface area contributed by atoms with Crippen molar-refractivity contribution in [3.05, 3.63) is 21.9 Å². The van der Waals surface area contributed by atoms with Crippen LogP contribution in [0.25, 0.3) is 0 Å². The van der Waals surface area contributed by atoms with Crippen LogP contribution in [0.4, 0.5) is 0 Å². The van der Waals surface area contributed by atoms with Crippen LogP contribution in [0.2, 0.25) is 0 Å². The van der Waals surface area contributed by atoms with Gasteiger partial charge in [0.05, 0.1) is 6.54 Å². The van der Waals surface area contributed by atoms with Gasteiger partial charge < -0.3 is 5.32 Å². The predicted octanol–water partition coefficient (Wildman–Crippen LogP) is 2.42. The van der Waals surface area contributed by atoms with Gasteiger partial charge >= 0.3 is 0 Å². The lowest BCUT2D eigenvalue weighted by Gasteiger charge is -1.95. The molecule has 0 aliphatic heterocycles. The molecule has 0 aromatic carbocycles. The molecule has 1 aromatic heterocycles. The molecule has 0 amide bonds. The lowest BCUT2D eigenvalue weighted by Crippen LogP contribution is -2.11. The van der Waals surface area contributed by atoms with Crippen LogP contribution in [-0.2, 0) is 13.0 Å². The number of hydrogen-bond acceptors (Lipinski definition) is 2. The molecule has 1 nitrogen and oxygen atoms in total. The van der Waals surface area contributed by atoms with Gasteiger partial charge in [-0.05, 0) is 25.5 Å². The van der Waals surface area contributed by atoms with E-state index in [1.165, 1.54) is 9.75 Å². The van der Waals surface area contributed by atoms with Crippen molar-refractivity contribution >= 4 is 11.3 Å². The molecular formula is C11H15NS. The minimum Gasteiger partial charge on any atom is -0.301 e. The molecule has 13 heavy (non-hydrogen) atoms. The number of aryl methyl sites for hydroxylation is 1. The van der Waals surface area contributed by atoms with Gasteiger partial charge in [0, 0.05) is 16.3 Å². The topological polar surface area (TPSA) is 12.0 Å². The summed E-state index contributed by atoms with van der Waals surface area (Å²) in [5, 5.41) is 3.28. The summed E-state index contributed by atoms with van der Waals surface area (Å²) >= 11 is 1.88. The van der Waals surface area contributed by atoms with Crippen LogP contribution in [0.1, 0.15) is 23.6 Å². The molecule has 0 bridgehead atoms. The fourth-order valence-electron chi connectivity index (χ4n) is 1.04. The molecule has 0 fully saturated rings. The zero-order chi connectivity index (χ0) is 9.52. The molecule has 1 aromatic rings. The molecule has 2 heteroatoms. The zero-order valence-electron chi connectivity index (χ0n) is 8.18. The van der Waals surface area contributed by atoms with Gasteiger partial charge in [0.25, 0.3) is 0 Å². The molecule has 1 heterocycles. The van der Waals surface area contributed by atoms with Crippen LogP contribution in [0, 0.1) is 11.8 Å². The van der Waals surface area contributed by atoms with E-state index >= 15 is 0 Å². The molecular weight excluding hydrogens is 178 g/mol. The van der Waals surface area contributed by atoms with E-state index < -0.39 is 0 Å². The molecule has 0 aliphatic rings. The molecule has 0 unspecified atom stereocenters. The van der Waals surface area contributed by atoms with Crippen molar-refractivity contribution in [2.24, 2.45) is 0 Å². The lowest BCUT2D eigenvalue weighted by atomic mass is 10.3. The third-order valence-electron chi connectivity index (χ3n) is 1.76. The molecule has 0 saturated carbocycles. The highest BCUT2D eigenvalue weighted by molar-refractivity contribution is 7.11. The average molecular weight is 193 g/mol. The van der Waals surface area contributed by atoms with Crippen molar-refractivity contribution in [2.75, 3.05) is 6.54 Å². The summed E-state index contributed by atoms with van der Waals surface area (Å²) in [6, 6.07) is 4.39. The van der Waals surface area contributed by atoms with Crippen LogP contribution in [0.15, 0.2) is 12.1 Å². The van der Waals surface area contributed by atoms with Crippen LogP contribution in [0.3, 0.4) is 0 Å². The van der Waals surface area contributed by atoms with Gasteiger partial charge in [0.1, 0.15) is 0 Å². The van der Waals surface area contributed by atoms with E-state index in [1.54, 1.807) is 0 Å². The van der Waals surface area contributed by atoms with E-state index in [4.69, 9.17) is 0 Å². The van der Waals surface area contributed by atoms with Crippen molar-refractivity contribution in [3.8, 4) is 11.8 Å². The van der Waals surface area contributed by atoms with Gasteiger partial charge in [0.15, 0.2) is 0 Å². The Bertz CT molecular complexity index is 303. The van der Waals surface area contributed by atoms with Crippen molar-refractivity contribution in [2.45, 2.75) is 26.8 Å². The van der Waals surface area contributed by atoms with E-state index in [1.807, 2.05) is 18.3 Å². The first-order valence-electron chi connectivity index (χ1n) is 4.54. The maximum absolute atomic E-state index is 3.28. The van der Waals surface area contributed by atoms with Crippen LogP contribution in [0.5, 0.6) is 0 Å². The molecule has 0 radical (unpaired) electrons. The van der Waals surface area contributed by atoms with Gasteiger partial charge in [-0.1, -0.05) is 12.8 Å².